The molecule has 0 atom stereocenters. The normalized spacial score (nSPS) is 10.6. The Morgan fingerprint density at radius 1 is 1.21 bits per heavy atom. The van der Waals surface area contributed by atoms with Crippen molar-refractivity contribution >= 4 is 23.0 Å². The number of benzene rings is 2. The molecule has 0 amide bonds. The van der Waals surface area contributed by atoms with Crippen molar-refractivity contribution in [2.45, 2.75) is 6.92 Å². The van der Waals surface area contributed by atoms with Gasteiger partial charge >= 0.3 is 5.97 Å². The molecule has 0 spiro atoms. The average molecular weight is 341 g/mol. The standard InChI is InChI=1S/C18H13FN2O2S/c1-10-4-2-5-11(8-10)14(20)17-21-15(18(22)23)16(24-17)12-6-3-7-13(19)9-12/h2-9,20H,1H3,(H,22,23)/p+1. The van der Waals surface area contributed by atoms with Gasteiger partial charge in [0.1, 0.15) is 5.82 Å². The van der Waals surface area contributed by atoms with Crippen molar-refractivity contribution < 1.29 is 19.7 Å². The highest BCUT2D eigenvalue weighted by atomic mass is 32.1. The Morgan fingerprint density at radius 3 is 2.62 bits per heavy atom. The number of thiazole rings is 1. The van der Waals surface area contributed by atoms with Crippen LogP contribution >= 0.6 is 11.3 Å². The number of carbonyl (C=O) groups is 1. The number of hydrogen-bond donors (Lipinski definition) is 2. The number of halogens is 1. The zero-order chi connectivity index (χ0) is 17.3. The Labute approximate surface area is 141 Å². The summed E-state index contributed by atoms with van der Waals surface area (Å²) in [5, 5.41) is 16.0. The van der Waals surface area contributed by atoms with E-state index in [1.807, 2.05) is 31.2 Å². The smallest absolute Gasteiger partial charge is 0.356 e. The fourth-order valence-electron chi connectivity index (χ4n) is 2.34. The molecular formula is C18H14FN2O2S+. The van der Waals surface area contributed by atoms with Crippen LogP contribution in [0.2, 0.25) is 0 Å². The summed E-state index contributed by atoms with van der Waals surface area (Å²) in [6.07, 6.45) is 0. The number of hydrogen-bond acceptors (Lipinski definition) is 3. The molecule has 3 rings (SSSR count). The minimum absolute atomic E-state index is 0.129. The van der Waals surface area contributed by atoms with E-state index in [2.05, 4.69) is 4.98 Å². The second kappa shape index (κ2) is 6.33. The predicted octanol–water partition coefficient (Wildman–Crippen LogP) is 2.55. The van der Waals surface area contributed by atoms with Gasteiger partial charge in [-0.05, 0) is 36.8 Å². The zero-order valence-corrected chi connectivity index (χ0v) is 13.6. The molecule has 3 N–H and O–H groups in total. The minimum Gasteiger partial charge on any atom is -0.476 e. The first-order valence-corrected chi connectivity index (χ1v) is 7.97. The Kier molecular flexibility index (Phi) is 4.22. The van der Waals surface area contributed by atoms with Crippen LogP contribution < -0.4 is 5.41 Å². The molecule has 3 aromatic rings. The zero-order valence-electron chi connectivity index (χ0n) is 12.8. The van der Waals surface area contributed by atoms with E-state index in [0.717, 1.165) is 22.5 Å². The molecule has 4 nitrogen and oxygen atoms in total. The molecule has 0 aliphatic carbocycles. The van der Waals surface area contributed by atoms with Gasteiger partial charge in [0, 0.05) is 5.56 Å². The van der Waals surface area contributed by atoms with Gasteiger partial charge in [-0.3, -0.25) is 5.41 Å². The van der Waals surface area contributed by atoms with Gasteiger partial charge in [-0.25, -0.2) is 14.2 Å². The van der Waals surface area contributed by atoms with E-state index in [-0.39, 0.29) is 5.69 Å². The summed E-state index contributed by atoms with van der Waals surface area (Å²) in [6.45, 7) is 1.94. The van der Waals surface area contributed by atoms with Crippen LogP contribution in [-0.4, -0.2) is 21.8 Å². The van der Waals surface area contributed by atoms with E-state index < -0.39 is 11.8 Å². The van der Waals surface area contributed by atoms with Crippen LogP contribution in [0.25, 0.3) is 10.4 Å². The van der Waals surface area contributed by atoms with E-state index in [1.54, 1.807) is 6.07 Å². The molecule has 0 aliphatic heterocycles. The molecule has 2 aromatic carbocycles. The fraction of sp³-hybridized carbons (Fsp3) is 0.0556. The van der Waals surface area contributed by atoms with Gasteiger partial charge in [-0.1, -0.05) is 29.8 Å². The summed E-state index contributed by atoms with van der Waals surface area (Å²) in [6, 6.07) is 13.3. The summed E-state index contributed by atoms with van der Waals surface area (Å²) in [5.74, 6) is -1.61. The molecule has 0 aliphatic rings. The molecule has 0 saturated carbocycles. The Morgan fingerprint density at radius 2 is 1.96 bits per heavy atom. The number of nitrogens with zero attached hydrogens (tertiary/aromatic N) is 1. The van der Waals surface area contributed by atoms with Gasteiger partial charge in [0.15, 0.2) is 10.7 Å². The molecule has 6 heteroatoms. The van der Waals surface area contributed by atoms with Crippen LogP contribution in [0.1, 0.15) is 26.6 Å². The summed E-state index contributed by atoms with van der Waals surface area (Å²) >= 11 is 1.14. The van der Waals surface area contributed by atoms with E-state index in [4.69, 9.17) is 5.41 Å². The quantitative estimate of drug-likeness (QED) is 0.716. The third kappa shape index (κ3) is 3.09. The van der Waals surface area contributed by atoms with E-state index in [0.29, 0.717) is 21.2 Å². The van der Waals surface area contributed by atoms with Gasteiger partial charge in [0.25, 0.3) is 0 Å². The number of nitrogens with two attached hydrogens (primary N) is 1. The number of aryl methyl sites for hydroxylation is 1. The van der Waals surface area contributed by atoms with Crippen molar-refractivity contribution in [3.8, 4) is 10.4 Å². The summed E-state index contributed by atoms with van der Waals surface area (Å²) in [4.78, 5) is 16.0. The number of rotatable bonds is 4. The van der Waals surface area contributed by atoms with Crippen molar-refractivity contribution in [3.63, 3.8) is 0 Å². The molecule has 24 heavy (non-hydrogen) atoms. The second-order valence-electron chi connectivity index (χ2n) is 5.30. The molecule has 1 aromatic heterocycles. The lowest BCUT2D eigenvalue weighted by Gasteiger charge is -1.98. The summed E-state index contributed by atoms with van der Waals surface area (Å²) in [7, 11) is 0. The van der Waals surface area contributed by atoms with E-state index in [1.165, 1.54) is 18.2 Å². The minimum atomic E-state index is -1.17. The largest absolute Gasteiger partial charge is 0.476 e. The monoisotopic (exact) mass is 341 g/mol. The molecule has 120 valence electrons. The van der Waals surface area contributed by atoms with Gasteiger partial charge in [0.2, 0.25) is 5.71 Å². The van der Waals surface area contributed by atoms with Gasteiger partial charge in [-0.2, -0.15) is 0 Å². The lowest BCUT2D eigenvalue weighted by Crippen LogP contribution is -2.41. The molecule has 0 radical (unpaired) electrons. The maximum Gasteiger partial charge on any atom is 0.356 e. The first-order valence-electron chi connectivity index (χ1n) is 7.15. The SMILES string of the molecule is Cc1cccc(C(=[NH2+])c2nc(C(=O)O)c(-c3cccc(F)c3)s2)c1. The third-order valence-corrected chi connectivity index (χ3v) is 4.61. The molecule has 0 saturated heterocycles. The van der Waals surface area contributed by atoms with Gasteiger partial charge < -0.3 is 5.11 Å². The number of carboxylic acids is 1. The topological polar surface area (TPSA) is 75.8 Å². The lowest BCUT2D eigenvalue weighted by atomic mass is 10.1. The number of aromatic carboxylic acids is 1. The van der Waals surface area contributed by atoms with Crippen LogP contribution in [0.4, 0.5) is 4.39 Å². The lowest BCUT2D eigenvalue weighted by molar-refractivity contribution is -0.111. The molecular weight excluding hydrogens is 327 g/mol. The van der Waals surface area contributed by atoms with Gasteiger partial charge in [-0.15, -0.1) is 11.3 Å². The third-order valence-electron chi connectivity index (χ3n) is 3.48. The van der Waals surface area contributed by atoms with E-state index in [9.17, 15) is 14.3 Å². The van der Waals surface area contributed by atoms with Crippen LogP contribution in [0, 0.1) is 12.7 Å². The molecule has 0 bridgehead atoms. The van der Waals surface area contributed by atoms with Crippen molar-refractivity contribution in [2.75, 3.05) is 0 Å². The van der Waals surface area contributed by atoms with Crippen molar-refractivity contribution in [2.24, 2.45) is 0 Å². The maximum atomic E-state index is 13.5. The van der Waals surface area contributed by atoms with Crippen LogP contribution in [0.3, 0.4) is 0 Å². The van der Waals surface area contributed by atoms with Crippen LogP contribution in [0.5, 0.6) is 0 Å². The first-order chi connectivity index (χ1) is 11.5. The summed E-state index contributed by atoms with van der Waals surface area (Å²) in [5.41, 5.74) is 2.54. The maximum absolute atomic E-state index is 13.5. The average Bonchev–Trinajstić information content (AvgIpc) is 2.99. The van der Waals surface area contributed by atoms with Crippen molar-refractivity contribution in [3.05, 3.63) is 76.2 Å². The van der Waals surface area contributed by atoms with Gasteiger partial charge in [0.05, 0.1) is 4.88 Å². The second-order valence-corrected chi connectivity index (χ2v) is 6.29. The van der Waals surface area contributed by atoms with Crippen molar-refractivity contribution in [1.29, 1.82) is 0 Å². The van der Waals surface area contributed by atoms with Crippen LogP contribution in [0.15, 0.2) is 48.5 Å². The molecule has 0 unspecified atom stereocenters. The molecule has 0 fully saturated rings. The van der Waals surface area contributed by atoms with Crippen molar-refractivity contribution in [1.82, 2.24) is 4.98 Å². The van der Waals surface area contributed by atoms with Crippen LogP contribution in [-0.2, 0) is 0 Å². The summed E-state index contributed by atoms with van der Waals surface area (Å²) < 4.78 is 13.5. The van der Waals surface area contributed by atoms with E-state index >= 15 is 0 Å². The number of carboxylic acid groups (broad SMARTS) is 1. The Hall–Kier alpha value is -2.86. The Balaban J connectivity index is 2.09. The fourth-order valence-corrected chi connectivity index (χ4v) is 3.37. The molecule has 1 heterocycles. The number of aromatic nitrogens is 1. The predicted molar refractivity (Wildman–Crippen MR) is 90.8 cm³/mol. The highest BCUT2D eigenvalue weighted by Crippen LogP contribution is 2.31. The first kappa shape index (κ1) is 16.0. The highest BCUT2D eigenvalue weighted by molar-refractivity contribution is 7.17. The highest BCUT2D eigenvalue weighted by Gasteiger charge is 2.24. The Bertz CT molecular complexity index is 950.